The molecule has 2 rings (SSSR count). The van der Waals surface area contributed by atoms with Crippen molar-refractivity contribution in [1.82, 2.24) is 9.88 Å². The van der Waals surface area contributed by atoms with E-state index in [0.717, 1.165) is 25.4 Å². The van der Waals surface area contributed by atoms with Crippen LogP contribution in [0.2, 0.25) is 0 Å². The zero-order valence-electron chi connectivity index (χ0n) is 10.7. The molecule has 1 aliphatic heterocycles. The minimum atomic E-state index is 0.579. The fourth-order valence-corrected chi connectivity index (χ4v) is 2.66. The van der Waals surface area contributed by atoms with Crippen molar-refractivity contribution in [2.45, 2.75) is 32.2 Å². The van der Waals surface area contributed by atoms with E-state index in [4.69, 9.17) is 5.73 Å². The maximum Gasteiger partial charge on any atom is 0.0300 e. The van der Waals surface area contributed by atoms with Gasteiger partial charge in [-0.05, 0) is 43.4 Å². The number of aromatic nitrogens is 1. The van der Waals surface area contributed by atoms with Crippen LogP contribution in [0.1, 0.15) is 25.3 Å². The lowest BCUT2D eigenvalue weighted by atomic mass is 9.92. The van der Waals surface area contributed by atoms with E-state index in [-0.39, 0.29) is 0 Å². The van der Waals surface area contributed by atoms with Crippen LogP contribution >= 0.6 is 0 Å². The van der Waals surface area contributed by atoms with E-state index in [9.17, 15) is 0 Å². The lowest BCUT2D eigenvalue weighted by molar-refractivity contribution is 0.124. The second-order valence-corrected chi connectivity index (χ2v) is 5.17. The molecule has 0 radical (unpaired) electrons. The maximum atomic E-state index is 5.87. The predicted molar refractivity (Wildman–Crippen MR) is 70.8 cm³/mol. The Bertz CT molecular complexity index is 325. The van der Waals surface area contributed by atoms with E-state index < -0.39 is 0 Å². The van der Waals surface area contributed by atoms with Gasteiger partial charge >= 0.3 is 0 Å². The third-order valence-corrected chi connectivity index (χ3v) is 3.78. The van der Waals surface area contributed by atoms with Crippen molar-refractivity contribution < 1.29 is 0 Å². The molecule has 0 saturated carbocycles. The molecule has 94 valence electrons. The first-order valence-corrected chi connectivity index (χ1v) is 6.62. The first-order valence-electron chi connectivity index (χ1n) is 6.62. The number of hydrogen-bond donors (Lipinski definition) is 1. The van der Waals surface area contributed by atoms with E-state index in [0.29, 0.717) is 6.04 Å². The van der Waals surface area contributed by atoms with E-state index in [2.05, 4.69) is 22.9 Å². The number of nitrogens with zero attached hydrogens (tertiary/aromatic N) is 2. The molecule has 3 heteroatoms. The van der Waals surface area contributed by atoms with Gasteiger partial charge in [0.15, 0.2) is 0 Å². The quantitative estimate of drug-likeness (QED) is 0.860. The highest BCUT2D eigenvalue weighted by Gasteiger charge is 2.24. The second kappa shape index (κ2) is 6.12. The van der Waals surface area contributed by atoms with Gasteiger partial charge in [-0.3, -0.25) is 9.88 Å². The van der Waals surface area contributed by atoms with Gasteiger partial charge in [-0.15, -0.1) is 0 Å². The molecule has 0 amide bonds. The van der Waals surface area contributed by atoms with Crippen molar-refractivity contribution in [3.8, 4) is 0 Å². The van der Waals surface area contributed by atoms with E-state index in [1.807, 2.05) is 18.5 Å². The summed E-state index contributed by atoms with van der Waals surface area (Å²) < 4.78 is 0. The molecule has 1 aliphatic rings. The predicted octanol–water partition coefficient (Wildman–Crippen LogP) is 1.68. The Kier molecular flexibility index (Phi) is 4.51. The molecule has 2 unspecified atom stereocenters. The summed E-state index contributed by atoms with van der Waals surface area (Å²) in [5.74, 6) is 0.832. The van der Waals surface area contributed by atoms with Gasteiger partial charge in [-0.2, -0.15) is 0 Å². The van der Waals surface area contributed by atoms with Crippen LogP contribution in [0.25, 0.3) is 0 Å². The normalized spacial score (nSPS) is 26.0. The zero-order chi connectivity index (χ0) is 12.1. The summed E-state index contributed by atoms with van der Waals surface area (Å²) in [6, 6.07) is 4.74. The van der Waals surface area contributed by atoms with Crippen LogP contribution in [0.15, 0.2) is 24.5 Å². The highest BCUT2D eigenvalue weighted by molar-refractivity contribution is 5.08. The number of nitrogens with two attached hydrogens (primary N) is 1. The van der Waals surface area contributed by atoms with Crippen LogP contribution in [0.5, 0.6) is 0 Å². The summed E-state index contributed by atoms with van der Waals surface area (Å²) >= 11 is 0. The van der Waals surface area contributed by atoms with E-state index in [1.165, 1.54) is 24.9 Å². The molecule has 0 bridgehead atoms. The topological polar surface area (TPSA) is 42.2 Å². The minimum Gasteiger partial charge on any atom is -0.329 e. The monoisotopic (exact) mass is 233 g/mol. The van der Waals surface area contributed by atoms with Crippen molar-refractivity contribution >= 4 is 0 Å². The second-order valence-electron chi connectivity index (χ2n) is 5.17. The lowest BCUT2D eigenvalue weighted by Crippen LogP contribution is -2.46. The molecule has 0 aliphatic carbocycles. The van der Waals surface area contributed by atoms with Gasteiger partial charge in [0, 0.05) is 31.5 Å². The molecule has 1 saturated heterocycles. The maximum absolute atomic E-state index is 5.87. The van der Waals surface area contributed by atoms with Crippen LogP contribution in [0, 0.1) is 5.92 Å². The van der Waals surface area contributed by atoms with Crippen LogP contribution in [0.3, 0.4) is 0 Å². The SMILES string of the molecule is CC1CCN(CCc2cccnc2)C(CN)C1. The standard InChI is InChI=1S/C14H23N3/c1-12-4-7-17(14(9-12)10-15)8-5-13-3-2-6-16-11-13/h2-3,6,11-12,14H,4-5,7-10,15H2,1H3. The molecule has 0 spiro atoms. The molecule has 0 aromatic carbocycles. The van der Waals surface area contributed by atoms with Crippen molar-refractivity contribution in [3.05, 3.63) is 30.1 Å². The van der Waals surface area contributed by atoms with Crippen molar-refractivity contribution in [2.24, 2.45) is 11.7 Å². The van der Waals surface area contributed by atoms with Gasteiger partial charge < -0.3 is 5.73 Å². The third-order valence-electron chi connectivity index (χ3n) is 3.78. The number of likely N-dealkylation sites (tertiary alicyclic amines) is 1. The van der Waals surface area contributed by atoms with Crippen molar-refractivity contribution in [1.29, 1.82) is 0 Å². The summed E-state index contributed by atoms with van der Waals surface area (Å²) in [5, 5.41) is 0. The minimum absolute atomic E-state index is 0.579. The molecule has 17 heavy (non-hydrogen) atoms. The summed E-state index contributed by atoms with van der Waals surface area (Å²) in [7, 11) is 0. The average molecular weight is 233 g/mol. The van der Waals surface area contributed by atoms with E-state index >= 15 is 0 Å². The van der Waals surface area contributed by atoms with Gasteiger partial charge in [0.2, 0.25) is 0 Å². The third kappa shape index (κ3) is 3.51. The number of piperidine rings is 1. The molecule has 2 heterocycles. The Labute approximate surface area is 104 Å². The molecule has 1 aromatic rings. The molecule has 3 nitrogen and oxygen atoms in total. The summed E-state index contributed by atoms with van der Waals surface area (Å²) in [4.78, 5) is 6.71. The lowest BCUT2D eigenvalue weighted by Gasteiger charge is -2.38. The van der Waals surface area contributed by atoms with Crippen LogP contribution in [0.4, 0.5) is 0 Å². The first-order chi connectivity index (χ1) is 8.29. The van der Waals surface area contributed by atoms with Crippen molar-refractivity contribution in [3.63, 3.8) is 0 Å². The van der Waals surface area contributed by atoms with Crippen LogP contribution in [-0.4, -0.2) is 35.6 Å². The van der Waals surface area contributed by atoms with Gasteiger partial charge in [-0.1, -0.05) is 13.0 Å². The number of rotatable bonds is 4. The molecule has 2 atom stereocenters. The van der Waals surface area contributed by atoms with Crippen LogP contribution in [-0.2, 0) is 6.42 Å². The fourth-order valence-electron chi connectivity index (χ4n) is 2.66. The van der Waals surface area contributed by atoms with Gasteiger partial charge in [0.1, 0.15) is 0 Å². The Hall–Kier alpha value is -0.930. The van der Waals surface area contributed by atoms with E-state index in [1.54, 1.807) is 0 Å². The Morgan fingerprint density at radius 2 is 2.41 bits per heavy atom. The summed E-state index contributed by atoms with van der Waals surface area (Å²) in [5.41, 5.74) is 7.19. The molecule has 1 aromatic heterocycles. The average Bonchev–Trinajstić information content (AvgIpc) is 2.38. The first kappa shape index (κ1) is 12.5. The summed E-state index contributed by atoms with van der Waals surface area (Å²) in [6.07, 6.45) is 7.44. The zero-order valence-corrected chi connectivity index (χ0v) is 10.7. The molecule has 1 fully saturated rings. The van der Waals surface area contributed by atoms with Gasteiger partial charge in [-0.25, -0.2) is 0 Å². The van der Waals surface area contributed by atoms with Gasteiger partial charge in [0.05, 0.1) is 0 Å². The Balaban J connectivity index is 1.85. The largest absolute Gasteiger partial charge is 0.329 e. The number of hydrogen-bond acceptors (Lipinski definition) is 3. The Morgan fingerprint density at radius 1 is 1.53 bits per heavy atom. The highest BCUT2D eigenvalue weighted by atomic mass is 15.2. The van der Waals surface area contributed by atoms with Crippen molar-refractivity contribution in [2.75, 3.05) is 19.6 Å². The number of pyridine rings is 1. The molecular formula is C14H23N3. The van der Waals surface area contributed by atoms with Crippen LogP contribution < -0.4 is 5.73 Å². The van der Waals surface area contributed by atoms with Gasteiger partial charge in [0.25, 0.3) is 0 Å². The molecule has 2 N–H and O–H groups in total. The Morgan fingerprint density at radius 3 is 3.12 bits per heavy atom. The summed E-state index contributed by atoms with van der Waals surface area (Å²) in [6.45, 7) is 5.43. The highest BCUT2D eigenvalue weighted by Crippen LogP contribution is 2.21. The fraction of sp³-hybridized carbons (Fsp3) is 0.643. The molecular weight excluding hydrogens is 210 g/mol. The smallest absolute Gasteiger partial charge is 0.0300 e.